The second-order valence-corrected chi connectivity index (χ2v) is 4.72. The van der Waals surface area contributed by atoms with E-state index in [1.54, 1.807) is 31.2 Å². The highest BCUT2D eigenvalue weighted by molar-refractivity contribution is 5.78. The Labute approximate surface area is 131 Å². The number of aryl methyl sites for hydroxylation is 1. The van der Waals surface area contributed by atoms with Gasteiger partial charge in [0.15, 0.2) is 11.5 Å². The second kappa shape index (κ2) is 6.92. The maximum Gasteiger partial charge on any atom is 0.272 e. The predicted molar refractivity (Wildman–Crippen MR) is 80.0 cm³/mol. The molecule has 1 aromatic carbocycles. The van der Waals surface area contributed by atoms with E-state index in [0.29, 0.717) is 16.8 Å². The van der Waals surface area contributed by atoms with Gasteiger partial charge in [-0.05, 0) is 19.1 Å². The van der Waals surface area contributed by atoms with Crippen LogP contribution < -0.4 is 15.0 Å². The molecule has 1 aromatic heterocycles. The van der Waals surface area contributed by atoms with Gasteiger partial charge >= 0.3 is 0 Å². The molecule has 0 radical (unpaired) electrons. The first-order valence-electron chi connectivity index (χ1n) is 6.70. The van der Waals surface area contributed by atoms with Crippen LogP contribution in [0.25, 0.3) is 11.1 Å². The predicted octanol–water partition coefficient (Wildman–Crippen LogP) is 2.87. The minimum Gasteiger partial charge on any atom is -0.493 e. The molecule has 0 fully saturated rings. The van der Waals surface area contributed by atoms with Gasteiger partial charge in [0.05, 0.1) is 7.11 Å². The number of methoxy groups -OCH3 is 1. The Hall–Kier alpha value is -2.88. The van der Waals surface area contributed by atoms with Crippen LogP contribution in [0.2, 0.25) is 0 Å². The summed E-state index contributed by atoms with van der Waals surface area (Å²) >= 11 is 0. The highest BCUT2D eigenvalue weighted by Crippen LogP contribution is 2.39. The number of hydrogen-bond acceptors (Lipinski definition) is 4. The molecule has 0 saturated carbocycles. The number of para-hydroxylation sites is 1. The van der Waals surface area contributed by atoms with Crippen molar-refractivity contribution in [1.29, 1.82) is 5.26 Å². The number of rotatable bonds is 5. The van der Waals surface area contributed by atoms with Crippen LogP contribution in [0, 0.1) is 18.3 Å². The molecule has 0 amide bonds. The largest absolute Gasteiger partial charge is 0.493 e. The van der Waals surface area contributed by atoms with Crippen LogP contribution in [0.1, 0.15) is 11.3 Å². The SMILES string of the molecule is COc1cccc(-c2cc(C)[nH]c(=O)c2C#N)c1OCC(F)F. The summed E-state index contributed by atoms with van der Waals surface area (Å²) in [5.41, 5.74) is 0.509. The Kier molecular flexibility index (Phi) is 4.96. The lowest BCUT2D eigenvalue weighted by Crippen LogP contribution is -2.14. The lowest BCUT2D eigenvalue weighted by atomic mass is 9.99. The van der Waals surface area contributed by atoms with E-state index in [9.17, 15) is 18.8 Å². The zero-order valence-electron chi connectivity index (χ0n) is 12.5. The van der Waals surface area contributed by atoms with E-state index in [2.05, 4.69) is 4.98 Å². The highest BCUT2D eigenvalue weighted by atomic mass is 19.3. The van der Waals surface area contributed by atoms with Crippen LogP contribution in [0.5, 0.6) is 11.5 Å². The average Bonchev–Trinajstić information content (AvgIpc) is 2.51. The fraction of sp³-hybridized carbons (Fsp3) is 0.250. The van der Waals surface area contributed by atoms with E-state index in [4.69, 9.17) is 9.47 Å². The molecule has 0 aliphatic heterocycles. The minimum absolute atomic E-state index is 0.0665. The van der Waals surface area contributed by atoms with E-state index < -0.39 is 18.6 Å². The van der Waals surface area contributed by atoms with Crippen molar-refractivity contribution in [1.82, 2.24) is 4.98 Å². The molecule has 120 valence electrons. The first-order valence-corrected chi connectivity index (χ1v) is 6.70. The van der Waals surface area contributed by atoms with Crippen LogP contribution in [0.3, 0.4) is 0 Å². The molecule has 0 atom stereocenters. The fourth-order valence-electron chi connectivity index (χ4n) is 2.20. The molecular formula is C16H14F2N2O3. The Morgan fingerprint density at radius 1 is 1.35 bits per heavy atom. The molecule has 0 unspecified atom stereocenters. The number of aromatic nitrogens is 1. The zero-order valence-corrected chi connectivity index (χ0v) is 12.5. The molecule has 1 heterocycles. The first kappa shape index (κ1) is 16.5. The molecule has 5 nitrogen and oxygen atoms in total. The number of H-pyrrole nitrogens is 1. The summed E-state index contributed by atoms with van der Waals surface area (Å²) in [4.78, 5) is 14.5. The van der Waals surface area contributed by atoms with Crippen LogP contribution in [-0.2, 0) is 0 Å². The van der Waals surface area contributed by atoms with Gasteiger partial charge in [-0.15, -0.1) is 0 Å². The van der Waals surface area contributed by atoms with Gasteiger partial charge in [0, 0.05) is 16.8 Å². The van der Waals surface area contributed by atoms with Crippen molar-refractivity contribution < 1.29 is 18.3 Å². The summed E-state index contributed by atoms with van der Waals surface area (Å²) in [5, 5.41) is 9.22. The molecule has 23 heavy (non-hydrogen) atoms. The molecule has 2 aromatic rings. The van der Waals surface area contributed by atoms with E-state index in [1.165, 1.54) is 7.11 Å². The van der Waals surface area contributed by atoms with Gasteiger partial charge in [-0.25, -0.2) is 8.78 Å². The summed E-state index contributed by atoms with van der Waals surface area (Å²) in [6.45, 7) is 0.837. The number of benzene rings is 1. The number of aromatic amines is 1. The lowest BCUT2D eigenvalue weighted by Gasteiger charge is -2.16. The molecule has 0 spiro atoms. The van der Waals surface area contributed by atoms with E-state index >= 15 is 0 Å². The smallest absolute Gasteiger partial charge is 0.272 e. The van der Waals surface area contributed by atoms with Gasteiger partial charge in [0.25, 0.3) is 12.0 Å². The third-order valence-corrected chi connectivity index (χ3v) is 3.12. The summed E-state index contributed by atoms with van der Waals surface area (Å²) in [6, 6.07) is 8.18. The van der Waals surface area contributed by atoms with Gasteiger partial charge in [0.2, 0.25) is 0 Å². The van der Waals surface area contributed by atoms with Crippen LogP contribution in [0.15, 0.2) is 29.1 Å². The zero-order chi connectivity index (χ0) is 17.0. The molecule has 0 aliphatic carbocycles. The molecule has 0 aliphatic rings. The average molecular weight is 320 g/mol. The quantitative estimate of drug-likeness (QED) is 0.919. The van der Waals surface area contributed by atoms with Crippen LogP contribution >= 0.6 is 0 Å². The van der Waals surface area contributed by atoms with Crippen LogP contribution in [0.4, 0.5) is 8.78 Å². The first-order chi connectivity index (χ1) is 11.0. The van der Waals surface area contributed by atoms with Crippen LogP contribution in [-0.4, -0.2) is 25.1 Å². The molecule has 7 heteroatoms. The highest BCUT2D eigenvalue weighted by Gasteiger charge is 2.19. The van der Waals surface area contributed by atoms with E-state index in [-0.39, 0.29) is 17.1 Å². The molecular weight excluding hydrogens is 306 g/mol. The third kappa shape index (κ3) is 3.48. The van der Waals surface area contributed by atoms with Crippen molar-refractivity contribution in [3.8, 4) is 28.7 Å². The summed E-state index contributed by atoms with van der Waals surface area (Å²) in [7, 11) is 1.38. The topological polar surface area (TPSA) is 75.1 Å². The van der Waals surface area contributed by atoms with Crippen molar-refractivity contribution in [2.75, 3.05) is 13.7 Å². The normalized spacial score (nSPS) is 10.4. The van der Waals surface area contributed by atoms with Crippen molar-refractivity contribution in [3.63, 3.8) is 0 Å². The Morgan fingerprint density at radius 2 is 2.09 bits per heavy atom. The van der Waals surface area contributed by atoms with Crippen molar-refractivity contribution in [3.05, 3.63) is 45.9 Å². The number of nitrogens with zero attached hydrogens (tertiary/aromatic N) is 1. The Balaban J connectivity index is 2.69. The van der Waals surface area contributed by atoms with Crippen molar-refractivity contribution in [2.45, 2.75) is 13.3 Å². The maximum atomic E-state index is 12.5. The Morgan fingerprint density at radius 3 is 2.70 bits per heavy atom. The molecule has 0 bridgehead atoms. The van der Waals surface area contributed by atoms with Gasteiger partial charge in [-0.3, -0.25) is 4.79 Å². The standard InChI is InChI=1S/C16H14F2N2O3/c1-9-6-11(12(7-19)16(21)20-9)10-4-3-5-13(22-2)15(10)23-8-14(17)18/h3-6,14H,8H2,1-2H3,(H,20,21). The van der Waals surface area contributed by atoms with Gasteiger partial charge in [-0.2, -0.15) is 5.26 Å². The Bertz CT molecular complexity index is 810. The lowest BCUT2D eigenvalue weighted by molar-refractivity contribution is 0.0807. The van der Waals surface area contributed by atoms with Gasteiger partial charge in [0.1, 0.15) is 18.2 Å². The van der Waals surface area contributed by atoms with E-state index in [1.807, 2.05) is 6.07 Å². The number of alkyl halides is 2. The second-order valence-electron chi connectivity index (χ2n) is 4.72. The minimum atomic E-state index is -2.66. The molecule has 0 saturated heterocycles. The number of nitriles is 1. The van der Waals surface area contributed by atoms with Crippen molar-refractivity contribution in [2.24, 2.45) is 0 Å². The summed E-state index contributed by atoms with van der Waals surface area (Å²) in [5.74, 6) is 0.307. The molecule has 1 N–H and O–H groups in total. The van der Waals surface area contributed by atoms with Crippen molar-refractivity contribution >= 4 is 0 Å². The molecule has 2 rings (SSSR count). The third-order valence-electron chi connectivity index (χ3n) is 3.12. The van der Waals surface area contributed by atoms with Gasteiger partial charge < -0.3 is 14.5 Å². The van der Waals surface area contributed by atoms with Gasteiger partial charge in [-0.1, -0.05) is 12.1 Å². The number of pyridine rings is 1. The monoisotopic (exact) mass is 320 g/mol. The summed E-state index contributed by atoms with van der Waals surface area (Å²) in [6.07, 6.45) is -2.66. The summed E-state index contributed by atoms with van der Waals surface area (Å²) < 4.78 is 35.3. The van der Waals surface area contributed by atoms with E-state index in [0.717, 1.165) is 0 Å². The maximum absolute atomic E-state index is 12.5. The number of ether oxygens (including phenoxy) is 2. The fourth-order valence-corrected chi connectivity index (χ4v) is 2.20. The number of halogens is 2. The number of nitrogens with one attached hydrogen (secondary N) is 1. The number of hydrogen-bond donors (Lipinski definition) is 1.